The molecule has 0 heterocycles. The molecule has 0 radical (unpaired) electrons. The van der Waals surface area contributed by atoms with Crippen molar-refractivity contribution < 1.29 is 8.85 Å². The van der Waals surface area contributed by atoms with Crippen molar-refractivity contribution >= 4 is 8.56 Å². The van der Waals surface area contributed by atoms with E-state index in [1.165, 1.54) is 70.6 Å². The first kappa shape index (κ1) is 21.1. The summed E-state index contributed by atoms with van der Waals surface area (Å²) in [5, 5.41) is 0. The first-order valence-corrected chi connectivity index (χ1v) is 12.1. The molecule has 21 heavy (non-hydrogen) atoms. The van der Waals surface area contributed by atoms with Gasteiger partial charge in [0, 0.05) is 12.7 Å². The first-order chi connectivity index (χ1) is 10.0. The monoisotopic (exact) mass is 316 g/mol. The molecule has 0 aromatic rings. The SMILES string of the molecule is CCCCCCCCO[Si](C)(C)OC(C)CCCCCC. The van der Waals surface area contributed by atoms with Crippen molar-refractivity contribution in [2.75, 3.05) is 6.61 Å². The van der Waals surface area contributed by atoms with Crippen LogP contribution in [0.4, 0.5) is 0 Å². The van der Waals surface area contributed by atoms with Crippen molar-refractivity contribution in [2.24, 2.45) is 0 Å². The first-order valence-electron chi connectivity index (χ1n) is 9.33. The maximum Gasteiger partial charge on any atom is 0.331 e. The van der Waals surface area contributed by atoms with Crippen molar-refractivity contribution in [3.05, 3.63) is 0 Å². The molecule has 3 heteroatoms. The zero-order chi connectivity index (χ0) is 16.0. The Balaban J connectivity index is 3.57. The molecule has 0 N–H and O–H groups in total. The molecule has 0 bridgehead atoms. The minimum atomic E-state index is -1.91. The van der Waals surface area contributed by atoms with Crippen LogP contribution in [0.3, 0.4) is 0 Å². The second kappa shape index (κ2) is 13.8. The fraction of sp³-hybridized carbons (Fsp3) is 1.00. The van der Waals surface area contributed by atoms with E-state index in [2.05, 4.69) is 33.9 Å². The van der Waals surface area contributed by atoms with E-state index in [0.717, 1.165) is 6.61 Å². The molecule has 0 aliphatic carbocycles. The third kappa shape index (κ3) is 14.8. The predicted molar refractivity (Wildman–Crippen MR) is 96.1 cm³/mol. The molecule has 0 aromatic heterocycles. The van der Waals surface area contributed by atoms with E-state index in [0.29, 0.717) is 6.10 Å². The summed E-state index contributed by atoms with van der Waals surface area (Å²) in [5.74, 6) is 0. The molecule has 0 saturated heterocycles. The average molecular weight is 317 g/mol. The lowest BCUT2D eigenvalue weighted by Gasteiger charge is -2.27. The van der Waals surface area contributed by atoms with E-state index in [9.17, 15) is 0 Å². The van der Waals surface area contributed by atoms with Crippen molar-refractivity contribution in [1.82, 2.24) is 0 Å². The highest BCUT2D eigenvalue weighted by molar-refractivity contribution is 6.64. The number of unbranched alkanes of at least 4 members (excludes halogenated alkanes) is 8. The van der Waals surface area contributed by atoms with Crippen LogP contribution in [0, 0.1) is 0 Å². The van der Waals surface area contributed by atoms with Crippen LogP contribution in [-0.2, 0) is 8.85 Å². The van der Waals surface area contributed by atoms with Crippen LogP contribution >= 0.6 is 0 Å². The van der Waals surface area contributed by atoms with Crippen LogP contribution in [-0.4, -0.2) is 21.3 Å². The molecule has 0 aliphatic heterocycles. The summed E-state index contributed by atoms with van der Waals surface area (Å²) in [5.41, 5.74) is 0. The Labute approximate surface area is 135 Å². The van der Waals surface area contributed by atoms with Crippen LogP contribution < -0.4 is 0 Å². The zero-order valence-corrected chi connectivity index (χ0v) is 16.4. The summed E-state index contributed by atoms with van der Waals surface area (Å²) in [7, 11) is -1.91. The van der Waals surface area contributed by atoms with Crippen molar-refractivity contribution in [1.29, 1.82) is 0 Å². The highest BCUT2D eigenvalue weighted by Gasteiger charge is 2.26. The van der Waals surface area contributed by atoms with E-state index in [-0.39, 0.29) is 0 Å². The molecule has 1 atom stereocenters. The Kier molecular flexibility index (Phi) is 13.9. The number of hydrogen-bond donors (Lipinski definition) is 0. The Morgan fingerprint density at radius 1 is 0.762 bits per heavy atom. The van der Waals surface area contributed by atoms with Gasteiger partial charge >= 0.3 is 8.56 Å². The summed E-state index contributed by atoms with van der Waals surface area (Å²) >= 11 is 0. The molecule has 0 aromatic carbocycles. The molecule has 0 aliphatic rings. The Morgan fingerprint density at radius 2 is 1.29 bits per heavy atom. The normalized spacial score (nSPS) is 13.6. The fourth-order valence-electron chi connectivity index (χ4n) is 2.64. The van der Waals surface area contributed by atoms with Crippen LogP contribution in [0.15, 0.2) is 0 Å². The summed E-state index contributed by atoms with van der Waals surface area (Å²) in [6.45, 7) is 12.0. The van der Waals surface area contributed by atoms with Gasteiger partial charge in [0.2, 0.25) is 0 Å². The van der Waals surface area contributed by atoms with Gasteiger partial charge in [-0.2, -0.15) is 0 Å². The lowest BCUT2D eigenvalue weighted by atomic mass is 10.1. The largest absolute Gasteiger partial charge is 0.395 e. The van der Waals surface area contributed by atoms with Gasteiger partial charge in [-0.1, -0.05) is 71.6 Å². The van der Waals surface area contributed by atoms with E-state index < -0.39 is 8.56 Å². The molecular weight excluding hydrogens is 276 g/mol. The minimum absolute atomic E-state index is 0.355. The maximum atomic E-state index is 6.18. The van der Waals surface area contributed by atoms with Crippen molar-refractivity contribution in [3.8, 4) is 0 Å². The number of hydrogen-bond acceptors (Lipinski definition) is 2. The molecular formula is C18H40O2Si. The summed E-state index contributed by atoms with van der Waals surface area (Å²) < 4.78 is 12.2. The molecule has 0 spiro atoms. The molecule has 0 rings (SSSR count). The third-order valence-electron chi connectivity index (χ3n) is 3.90. The van der Waals surface area contributed by atoms with Crippen molar-refractivity contribution in [2.45, 2.75) is 111 Å². The van der Waals surface area contributed by atoms with Gasteiger partial charge in [0.05, 0.1) is 0 Å². The fourth-order valence-corrected chi connectivity index (χ4v) is 4.43. The van der Waals surface area contributed by atoms with Gasteiger partial charge in [-0.3, -0.25) is 0 Å². The van der Waals surface area contributed by atoms with Crippen LogP contribution in [0.25, 0.3) is 0 Å². The van der Waals surface area contributed by atoms with Gasteiger partial charge in [0.25, 0.3) is 0 Å². The maximum absolute atomic E-state index is 6.18. The van der Waals surface area contributed by atoms with Gasteiger partial charge in [-0.25, -0.2) is 0 Å². The summed E-state index contributed by atoms with van der Waals surface area (Å²) in [6.07, 6.45) is 14.7. The molecule has 0 amide bonds. The van der Waals surface area contributed by atoms with E-state index >= 15 is 0 Å². The molecule has 2 nitrogen and oxygen atoms in total. The Bertz CT molecular complexity index is 219. The van der Waals surface area contributed by atoms with Gasteiger partial charge < -0.3 is 8.85 Å². The smallest absolute Gasteiger partial charge is 0.331 e. The predicted octanol–water partition coefficient (Wildman–Crippen LogP) is 6.44. The van der Waals surface area contributed by atoms with Crippen LogP contribution in [0.1, 0.15) is 91.4 Å². The standard InChI is InChI=1S/C18H40O2Si/c1-6-8-10-12-13-15-17-19-21(4,5)20-18(3)16-14-11-9-7-2/h18H,6-17H2,1-5H3. The van der Waals surface area contributed by atoms with Crippen LogP contribution in [0.5, 0.6) is 0 Å². The molecule has 0 saturated carbocycles. The van der Waals surface area contributed by atoms with Gasteiger partial charge in [-0.15, -0.1) is 0 Å². The van der Waals surface area contributed by atoms with Gasteiger partial charge in [0.15, 0.2) is 0 Å². The quantitative estimate of drug-likeness (QED) is 0.255. The van der Waals surface area contributed by atoms with Gasteiger partial charge in [-0.05, 0) is 32.9 Å². The van der Waals surface area contributed by atoms with Gasteiger partial charge in [0.1, 0.15) is 0 Å². The lowest BCUT2D eigenvalue weighted by molar-refractivity contribution is 0.122. The van der Waals surface area contributed by atoms with E-state index in [1.54, 1.807) is 0 Å². The molecule has 1 unspecified atom stereocenters. The van der Waals surface area contributed by atoms with E-state index in [4.69, 9.17) is 8.85 Å². The summed E-state index contributed by atoms with van der Waals surface area (Å²) in [6, 6.07) is 0. The highest BCUT2D eigenvalue weighted by Crippen LogP contribution is 2.16. The Hall–Kier alpha value is 0.137. The Morgan fingerprint density at radius 3 is 1.90 bits per heavy atom. The van der Waals surface area contributed by atoms with Crippen LogP contribution in [0.2, 0.25) is 13.1 Å². The second-order valence-electron chi connectivity index (χ2n) is 6.79. The molecule has 128 valence electrons. The summed E-state index contributed by atoms with van der Waals surface area (Å²) in [4.78, 5) is 0. The lowest BCUT2D eigenvalue weighted by Crippen LogP contribution is -2.38. The number of rotatable bonds is 15. The second-order valence-corrected chi connectivity index (χ2v) is 10.1. The zero-order valence-electron chi connectivity index (χ0n) is 15.4. The topological polar surface area (TPSA) is 18.5 Å². The van der Waals surface area contributed by atoms with Crippen molar-refractivity contribution in [3.63, 3.8) is 0 Å². The average Bonchev–Trinajstić information content (AvgIpc) is 2.42. The molecule has 0 fully saturated rings. The minimum Gasteiger partial charge on any atom is -0.395 e. The highest BCUT2D eigenvalue weighted by atomic mass is 28.4. The third-order valence-corrected chi connectivity index (χ3v) is 5.77. The van der Waals surface area contributed by atoms with E-state index in [1.807, 2.05) is 0 Å².